The van der Waals surface area contributed by atoms with Gasteiger partial charge in [0.2, 0.25) is 0 Å². The van der Waals surface area contributed by atoms with Gasteiger partial charge in [0.25, 0.3) is 0 Å². The van der Waals surface area contributed by atoms with E-state index in [0.717, 1.165) is 25.7 Å². The lowest BCUT2D eigenvalue weighted by Gasteiger charge is -2.27. The van der Waals surface area contributed by atoms with E-state index in [1.807, 2.05) is 0 Å². The molecule has 2 N–H and O–H groups in total. The van der Waals surface area contributed by atoms with E-state index in [9.17, 15) is 5.11 Å². The Morgan fingerprint density at radius 2 is 2.00 bits per heavy atom. The van der Waals surface area contributed by atoms with Crippen LogP contribution < -0.4 is 0 Å². The van der Waals surface area contributed by atoms with E-state index < -0.39 is 0 Å². The molecule has 0 unspecified atom stereocenters. The van der Waals surface area contributed by atoms with Crippen molar-refractivity contribution in [2.45, 2.75) is 37.9 Å². The van der Waals surface area contributed by atoms with E-state index in [-0.39, 0.29) is 18.8 Å². The van der Waals surface area contributed by atoms with Gasteiger partial charge >= 0.3 is 0 Å². The standard InChI is InChI=1S/C8H16O3/c9-5-6-11-8-4-2-1-3-7(8)10/h7-10H,1-6H2/t7-,8-/m1/s1. The van der Waals surface area contributed by atoms with E-state index in [1.165, 1.54) is 0 Å². The summed E-state index contributed by atoms with van der Waals surface area (Å²) in [5.74, 6) is 0. The van der Waals surface area contributed by atoms with Crippen molar-refractivity contribution >= 4 is 0 Å². The first-order chi connectivity index (χ1) is 5.34. The van der Waals surface area contributed by atoms with Crippen LogP contribution in [-0.2, 0) is 4.74 Å². The average Bonchev–Trinajstić information content (AvgIpc) is 2.03. The van der Waals surface area contributed by atoms with Gasteiger partial charge in [0.1, 0.15) is 0 Å². The van der Waals surface area contributed by atoms with Gasteiger partial charge in [0.15, 0.2) is 0 Å². The second-order valence-corrected chi connectivity index (χ2v) is 2.98. The first kappa shape index (κ1) is 8.97. The zero-order valence-corrected chi connectivity index (χ0v) is 6.70. The third kappa shape index (κ3) is 2.77. The molecular formula is C8H16O3. The van der Waals surface area contributed by atoms with Crippen molar-refractivity contribution in [1.82, 2.24) is 0 Å². The predicted octanol–water partition coefficient (Wildman–Crippen LogP) is 0.299. The minimum absolute atomic E-state index is 0.0316. The fourth-order valence-corrected chi connectivity index (χ4v) is 1.48. The van der Waals surface area contributed by atoms with Gasteiger partial charge < -0.3 is 14.9 Å². The molecule has 1 aliphatic rings. The summed E-state index contributed by atoms with van der Waals surface area (Å²) >= 11 is 0. The normalized spacial score (nSPS) is 32.2. The summed E-state index contributed by atoms with van der Waals surface area (Å²) in [6, 6.07) is 0. The molecule has 1 aliphatic carbocycles. The van der Waals surface area contributed by atoms with Gasteiger partial charge in [0.05, 0.1) is 25.4 Å². The van der Waals surface area contributed by atoms with Crippen LogP contribution in [0.2, 0.25) is 0 Å². The Morgan fingerprint density at radius 3 is 2.64 bits per heavy atom. The lowest BCUT2D eigenvalue weighted by Crippen LogP contribution is -2.32. The first-order valence-electron chi connectivity index (χ1n) is 4.25. The molecule has 1 rings (SSSR count). The number of hydrogen-bond donors (Lipinski definition) is 2. The fourth-order valence-electron chi connectivity index (χ4n) is 1.48. The van der Waals surface area contributed by atoms with Crippen molar-refractivity contribution < 1.29 is 14.9 Å². The summed E-state index contributed by atoms with van der Waals surface area (Å²) in [7, 11) is 0. The Kier molecular flexibility index (Phi) is 3.83. The molecule has 0 bridgehead atoms. The maximum Gasteiger partial charge on any atom is 0.0835 e. The molecule has 11 heavy (non-hydrogen) atoms. The molecule has 0 spiro atoms. The molecule has 0 saturated heterocycles. The molecule has 0 radical (unpaired) electrons. The molecule has 0 aromatic carbocycles. The van der Waals surface area contributed by atoms with E-state index in [0.29, 0.717) is 6.61 Å². The summed E-state index contributed by atoms with van der Waals surface area (Å²) < 4.78 is 5.24. The molecule has 0 aromatic rings. The van der Waals surface area contributed by atoms with Crippen LogP contribution in [0.1, 0.15) is 25.7 Å². The highest BCUT2D eigenvalue weighted by Gasteiger charge is 2.22. The molecule has 2 atom stereocenters. The van der Waals surface area contributed by atoms with Crippen LogP contribution in [0.15, 0.2) is 0 Å². The van der Waals surface area contributed by atoms with Crippen LogP contribution >= 0.6 is 0 Å². The topological polar surface area (TPSA) is 49.7 Å². The highest BCUT2D eigenvalue weighted by molar-refractivity contribution is 4.74. The summed E-state index contributed by atoms with van der Waals surface area (Å²) in [5.41, 5.74) is 0. The van der Waals surface area contributed by atoms with Crippen molar-refractivity contribution in [3.05, 3.63) is 0 Å². The van der Waals surface area contributed by atoms with Gasteiger partial charge in [-0.25, -0.2) is 0 Å². The molecule has 0 amide bonds. The van der Waals surface area contributed by atoms with Crippen LogP contribution in [0, 0.1) is 0 Å². The number of hydrogen-bond acceptors (Lipinski definition) is 3. The largest absolute Gasteiger partial charge is 0.394 e. The predicted molar refractivity (Wildman–Crippen MR) is 41.3 cm³/mol. The second-order valence-electron chi connectivity index (χ2n) is 2.98. The molecule has 3 nitrogen and oxygen atoms in total. The summed E-state index contributed by atoms with van der Waals surface area (Å²) in [4.78, 5) is 0. The zero-order chi connectivity index (χ0) is 8.10. The Morgan fingerprint density at radius 1 is 1.27 bits per heavy atom. The highest BCUT2D eigenvalue weighted by Crippen LogP contribution is 2.20. The maximum atomic E-state index is 9.39. The minimum Gasteiger partial charge on any atom is -0.394 e. The molecule has 1 saturated carbocycles. The number of rotatable bonds is 3. The quantitative estimate of drug-likeness (QED) is 0.624. The second kappa shape index (κ2) is 4.70. The van der Waals surface area contributed by atoms with Crippen molar-refractivity contribution in [2.75, 3.05) is 13.2 Å². The Balaban J connectivity index is 2.18. The monoisotopic (exact) mass is 160 g/mol. The fraction of sp³-hybridized carbons (Fsp3) is 1.00. The Bertz CT molecular complexity index is 106. The molecule has 1 fully saturated rings. The van der Waals surface area contributed by atoms with Crippen molar-refractivity contribution in [3.8, 4) is 0 Å². The zero-order valence-electron chi connectivity index (χ0n) is 6.70. The van der Waals surface area contributed by atoms with Gasteiger partial charge in [-0.05, 0) is 12.8 Å². The smallest absolute Gasteiger partial charge is 0.0835 e. The molecule has 66 valence electrons. The Hall–Kier alpha value is -0.120. The van der Waals surface area contributed by atoms with Crippen molar-refractivity contribution in [1.29, 1.82) is 0 Å². The van der Waals surface area contributed by atoms with Gasteiger partial charge in [-0.1, -0.05) is 12.8 Å². The van der Waals surface area contributed by atoms with Crippen LogP contribution in [0.3, 0.4) is 0 Å². The summed E-state index contributed by atoms with van der Waals surface area (Å²) in [6.07, 6.45) is 3.66. The van der Waals surface area contributed by atoms with Crippen LogP contribution in [0.25, 0.3) is 0 Å². The van der Waals surface area contributed by atoms with Crippen molar-refractivity contribution in [3.63, 3.8) is 0 Å². The Labute approximate surface area is 67.0 Å². The minimum atomic E-state index is -0.310. The van der Waals surface area contributed by atoms with Gasteiger partial charge in [-0.3, -0.25) is 0 Å². The molecule has 0 aliphatic heterocycles. The molecule has 0 heterocycles. The number of ether oxygens (including phenoxy) is 1. The summed E-state index contributed by atoms with van der Waals surface area (Å²) in [6.45, 7) is 0.394. The van der Waals surface area contributed by atoms with Crippen LogP contribution in [0.5, 0.6) is 0 Å². The van der Waals surface area contributed by atoms with E-state index in [1.54, 1.807) is 0 Å². The number of aliphatic hydroxyl groups excluding tert-OH is 2. The van der Waals surface area contributed by atoms with E-state index in [4.69, 9.17) is 9.84 Å². The van der Waals surface area contributed by atoms with Gasteiger partial charge in [-0.15, -0.1) is 0 Å². The molecule has 0 aromatic heterocycles. The third-order valence-corrected chi connectivity index (χ3v) is 2.09. The van der Waals surface area contributed by atoms with Crippen LogP contribution in [-0.4, -0.2) is 35.6 Å². The lowest BCUT2D eigenvalue weighted by atomic mass is 9.95. The van der Waals surface area contributed by atoms with E-state index in [2.05, 4.69) is 0 Å². The van der Waals surface area contributed by atoms with Crippen molar-refractivity contribution in [2.24, 2.45) is 0 Å². The van der Waals surface area contributed by atoms with Crippen LogP contribution in [0.4, 0.5) is 0 Å². The summed E-state index contributed by atoms with van der Waals surface area (Å²) in [5, 5.41) is 17.9. The van der Waals surface area contributed by atoms with Gasteiger partial charge in [0, 0.05) is 0 Å². The van der Waals surface area contributed by atoms with Gasteiger partial charge in [-0.2, -0.15) is 0 Å². The molecule has 3 heteroatoms. The maximum absolute atomic E-state index is 9.39. The van der Waals surface area contributed by atoms with E-state index >= 15 is 0 Å². The average molecular weight is 160 g/mol. The third-order valence-electron chi connectivity index (χ3n) is 2.09. The first-order valence-corrected chi connectivity index (χ1v) is 4.25. The highest BCUT2D eigenvalue weighted by atomic mass is 16.5. The SMILES string of the molecule is OCCO[C@@H]1CCCC[C@H]1O. The number of aliphatic hydroxyl groups is 2. The molecular weight excluding hydrogens is 144 g/mol. The lowest BCUT2D eigenvalue weighted by molar-refractivity contribution is -0.0666.